The van der Waals surface area contributed by atoms with Gasteiger partial charge in [0.1, 0.15) is 35.4 Å². The van der Waals surface area contributed by atoms with E-state index in [1.807, 2.05) is 12.1 Å². The number of alkyl halides is 3. The maximum atomic E-state index is 12.6. The van der Waals surface area contributed by atoms with Crippen molar-refractivity contribution in [1.82, 2.24) is 9.55 Å². The largest absolute Gasteiger partial charge is 0.573 e. The van der Waals surface area contributed by atoms with Gasteiger partial charge in [-0.05, 0) is 79.2 Å². The van der Waals surface area contributed by atoms with Crippen LogP contribution in [-0.4, -0.2) is 40.7 Å². The minimum Gasteiger partial charge on any atom is -0.497 e. The second-order valence-corrected chi connectivity index (χ2v) is 8.09. The lowest BCUT2D eigenvalue weighted by atomic mass is 10.2. The van der Waals surface area contributed by atoms with Crippen molar-refractivity contribution in [2.24, 2.45) is 0 Å². The van der Waals surface area contributed by atoms with Crippen LogP contribution in [0.3, 0.4) is 0 Å². The topological polar surface area (TPSA) is 92.0 Å². The van der Waals surface area contributed by atoms with Crippen molar-refractivity contribution in [2.75, 3.05) is 13.7 Å². The number of aryl methyl sites for hydroxylation is 1. The van der Waals surface area contributed by atoms with Crippen LogP contribution < -0.4 is 18.9 Å². The summed E-state index contributed by atoms with van der Waals surface area (Å²) in [5, 5.41) is 8.79. The van der Waals surface area contributed by atoms with E-state index in [0.29, 0.717) is 39.9 Å². The fourth-order valence-electron chi connectivity index (χ4n) is 3.62. The standard InChI is InChI=1S/C27H23F3N2O6/c1-17-13-23(11-12-24(17)37-16-25(33)34)36-15-19-14-32(20-5-9-21(35-2)10-6-20)26(31-19)18-3-7-22(8-4-18)38-27(28,29)30/h3-14H,15-16H2,1-2H3,(H,33,34). The molecule has 4 rings (SSSR count). The van der Waals surface area contributed by atoms with Gasteiger partial charge in [-0.25, -0.2) is 9.78 Å². The number of hydrogen-bond acceptors (Lipinski definition) is 6. The molecule has 0 saturated heterocycles. The van der Waals surface area contributed by atoms with Gasteiger partial charge < -0.3 is 24.1 Å². The highest BCUT2D eigenvalue weighted by Crippen LogP contribution is 2.29. The number of aromatic nitrogens is 2. The summed E-state index contributed by atoms with van der Waals surface area (Å²) >= 11 is 0. The molecule has 0 aliphatic heterocycles. The van der Waals surface area contributed by atoms with E-state index in [0.717, 1.165) is 5.69 Å². The molecule has 0 aliphatic rings. The molecule has 0 bridgehead atoms. The molecule has 0 spiro atoms. The number of carbonyl (C=O) groups is 1. The van der Waals surface area contributed by atoms with Crippen LogP contribution in [0.5, 0.6) is 23.0 Å². The highest BCUT2D eigenvalue weighted by Gasteiger charge is 2.31. The monoisotopic (exact) mass is 528 g/mol. The van der Waals surface area contributed by atoms with Crippen LogP contribution in [0, 0.1) is 6.92 Å². The fourth-order valence-corrected chi connectivity index (χ4v) is 3.62. The molecular weight excluding hydrogens is 505 g/mol. The van der Waals surface area contributed by atoms with Crippen molar-refractivity contribution in [2.45, 2.75) is 19.9 Å². The normalized spacial score (nSPS) is 11.2. The third kappa shape index (κ3) is 6.75. The molecule has 1 aromatic heterocycles. The molecule has 3 aromatic carbocycles. The summed E-state index contributed by atoms with van der Waals surface area (Å²) in [6.45, 7) is 1.42. The zero-order valence-electron chi connectivity index (χ0n) is 20.4. The maximum absolute atomic E-state index is 12.6. The molecule has 38 heavy (non-hydrogen) atoms. The van der Waals surface area contributed by atoms with Gasteiger partial charge in [-0.15, -0.1) is 13.2 Å². The molecule has 0 atom stereocenters. The van der Waals surface area contributed by atoms with Crippen molar-refractivity contribution in [3.63, 3.8) is 0 Å². The minimum absolute atomic E-state index is 0.0974. The molecule has 0 aliphatic carbocycles. The summed E-state index contributed by atoms with van der Waals surface area (Å²) in [5.74, 6) is 0.705. The summed E-state index contributed by atoms with van der Waals surface area (Å²) in [5.41, 5.74) is 2.59. The van der Waals surface area contributed by atoms with Crippen molar-refractivity contribution in [1.29, 1.82) is 0 Å². The van der Waals surface area contributed by atoms with Crippen molar-refractivity contribution in [3.05, 3.63) is 84.2 Å². The van der Waals surface area contributed by atoms with Gasteiger partial charge in [0.2, 0.25) is 0 Å². The van der Waals surface area contributed by atoms with E-state index in [4.69, 9.17) is 19.3 Å². The number of carboxylic acids is 1. The quantitative estimate of drug-likeness (QED) is 0.278. The van der Waals surface area contributed by atoms with Gasteiger partial charge in [0.05, 0.1) is 12.8 Å². The molecule has 0 saturated carbocycles. The Kier molecular flexibility index (Phi) is 7.75. The predicted molar refractivity (Wildman–Crippen MR) is 131 cm³/mol. The van der Waals surface area contributed by atoms with Gasteiger partial charge in [-0.1, -0.05) is 0 Å². The van der Waals surface area contributed by atoms with Crippen molar-refractivity contribution in [3.8, 4) is 40.1 Å². The zero-order valence-corrected chi connectivity index (χ0v) is 20.4. The number of carboxylic acid groups (broad SMARTS) is 1. The van der Waals surface area contributed by atoms with E-state index in [-0.39, 0.29) is 12.4 Å². The van der Waals surface area contributed by atoms with Gasteiger partial charge in [-0.2, -0.15) is 0 Å². The first-order chi connectivity index (χ1) is 18.1. The SMILES string of the molecule is COc1ccc(-n2cc(COc3ccc(OCC(=O)O)c(C)c3)nc2-c2ccc(OC(F)(F)F)cc2)cc1. The summed E-state index contributed by atoms with van der Waals surface area (Å²) in [6, 6.07) is 17.7. The lowest BCUT2D eigenvalue weighted by Gasteiger charge is -2.11. The molecular formula is C27H23F3N2O6. The van der Waals surface area contributed by atoms with Crippen LogP contribution in [0.2, 0.25) is 0 Å². The van der Waals surface area contributed by atoms with Crippen molar-refractivity contribution >= 4 is 5.97 Å². The molecule has 0 amide bonds. The number of rotatable bonds is 10. The van der Waals surface area contributed by atoms with Crippen LogP contribution in [-0.2, 0) is 11.4 Å². The predicted octanol–water partition coefficient (Wildman–Crippen LogP) is 5.80. The second-order valence-electron chi connectivity index (χ2n) is 8.09. The first-order valence-electron chi connectivity index (χ1n) is 11.3. The molecule has 0 unspecified atom stereocenters. The van der Waals surface area contributed by atoms with Crippen molar-refractivity contribution < 1.29 is 42.0 Å². The highest BCUT2D eigenvalue weighted by molar-refractivity contribution is 5.68. The number of nitrogens with zero attached hydrogens (tertiary/aromatic N) is 2. The molecule has 0 fully saturated rings. The van der Waals surface area contributed by atoms with E-state index < -0.39 is 18.9 Å². The average Bonchev–Trinajstić information content (AvgIpc) is 3.30. The van der Waals surface area contributed by atoms with E-state index in [1.165, 1.54) is 24.3 Å². The summed E-state index contributed by atoms with van der Waals surface area (Å²) in [7, 11) is 1.56. The summed E-state index contributed by atoms with van der Waals surface area (Å²) in [6.07, 6.45) is -3.01. The third-order valence-corrected chi connectivity index (χ3v) is 5.34. The van der Waals surface area contributed by atoms with E-state index in [1.54, 1.807) is 55.1 Å². The average molecular weight is 528 g/mol. The number of methoxy groups -OCH3 is 1. The zero-order chi connectivity index (χ0) is 27.3. The Balaban J connectivity index is 1.59. The minimum atomic E-state index is -4.79. The van der Waals surface area contributed by atoms with Crippen LogP contribution in [0.4, 0.5) is 13.2 Å². The third-order valence-electron chi connectivity index (χ3n) is 5.34. The van der Waals surface area contributed by atoms with Crippen LogP contribution in [0.15, 0.2) is 72.9 Å². The van der Waals surface area contributed by atoms with E-state index in [2.05, 4.69) is 9.72 Å². The number of hydrogen-bond donors (Lipinski definition) is 1. The number of imidazole rings is 1. The Morgan fingerprint density at radius 2 is 1.61 bits per heavy atom. The Morgan fingerprint density at radius 1 is 0.947 bits per heavy atom. The molecule has 1 heterocycles. The first-order valence-corrected chi connectivity index (χ1v) is 11.3. The molecule has 1 N–H and O–H groups in total. The molecule has 0 radical (unpaired) electrons. The van der Waals surface area contributed by atoms with Crippen LogP contribution in [0.25, 0.3) is 17.1 Å². The Hall–Kier alpha value is -4.67. The highest BCUT2D eigenvalue weighted by atomic mass is 19.4. The second kappa shape index (κ2) is 11.2. The number of aliphatic carboxylic acids is 1. The summed E-state index contributed by atoms with van der Waals surface area (Å²) in [4.78, 5) is 15.4. The Morgan fingerprint density at radius 3 is 2.21 bits per heavy atom. The Bertz CT molecular complexity index is 1400. The van der Waals surface area contributed by atoms with E-state index >= 15 is 0 Å². The fraction of sp³-hybridized carbons (Fsp3) is 0.185. The van der Waals surface area contributed by atoms with Gasteiger partial charge in [0.25, 0.3) is 0 Å². The number of halogens is 3. The van der Waals surface area contributed by atoms with Gasteiger partial charge >= 0.3 is 12.3 Å². The van der Waals surface area contributed by atoms with Gasteiger partial charge in [0, 0.05) is 17.4 Å². The van der Waals surface area contributed by atoms with Crippen LogP contribution >= 0.6 is 0 Å². The first kappa shape index (κ1) is 26.4. The van der Waals surface area contributed by atoms with Gasteiger partial charge in [-0.3, -0.25) is 4.57 Å². The Labute approximate surface area is 215 Å². The van der Waals surface area contributed by atoms with E-state index in [9.17, 15) is 18.0 Å². The molecule has 11 heteroatoms. The maximum Gasteiger partial charge on any atom is 0.573 e. The molecule has 198 valence electrons. The van der Waals surface area contributed by atoms with Gasteiger partial charge in [0.15, 0.2) is 6.61 Å². The lowest BCUT2D eigenvalue weighted by Crippen LogP contribution is -2.16. The molecule has 8 nitrogen and oxygen atoms in total. The van der Waals surface area contributed by atoms with Crippen LogP contribution in [0.1, 0.15) is 11.3 Å². The number of ether oxygens (including phenoxy) is 4. The molecule has 4 aromatic rings. The smallest absolute Gasteiger partial charge is 0.497 e. The summed E-state index contributed by atoms with van der Waals surface area (Å²) < 4.78 is 59.8. The number of benzene rings is 3. The lowest BCUT2D eigenvalue weighted by molar-refractivity contribution is -0.274.